The van der Waals surface area contributed by atoms with Crippen molar-refractivity contribution in [3.8, 4) is 0 Å². The Kier molecular flexibility index (Phi) is 6.97. The van der Waals surface area contributed by atoms with E-state index in [1.54, 1.807) is 10.3 Å². The summed E-state index contributed by atoms with van der Waals surface area (Å²) in [5.41, 5.74) is -0.975. The van der Waals surface area contributed by atoms with Crippen molar-refractivity contribution in [2.75, 3.05) is 18.4 Å². The number of rotatable bonds is 5. The first kappa shape index (κ1) is 24.9. The second-order valence-corrected chi connectivity index (χ2v) is 9.49. The number of piperidine rings is 1. The number of aliphatic hydroxyl groups is 1. The van der Waals surface area contributed by atoms with Crippen molar-refractivity contribution in [1.29, 1.82) is 0 Å². The maximum atomic E-state index is 12.9. The lowest BCUT2D eigenvalue weighted by molar-refractivity contribution is -0.142. The highest BCUT2D eigenvalue weighted by Gasteiger charge is 2.35. The van der Waals surface area contributed by atoms with Crippen molar-refractivity contribution in [2.45, 2.75) is 57.7 Å². The van der Waals surface area contributed by atoms with Gasteiger partial charge in [-0.25, -0.2) is 4.98 Å². The molecule has 0 saturated carbocycles. The fraction of sp³-hybridized carbons (Fsp3) is 0.500. The van der Waals surface area contributed by atoms with E-state index in [0.717, 1.165) is 15.8 Å². The third-order valence-corrected chi connectivity index (χ3v) is 7.14. The number of nitrogens with one attached hydrogen (secondary N) is 1. The van der Waals surface area contributed by atoms with Gasteiger partial charge in [0, 0.05) is 42.9 Å². The number of likely N-dealkylation sites (tertiary alicyclic amines) is 1. The number of hydrogen-bond acceptors (Lipinski definition) is 7. The van der Waals surface area contributed by atoms with Crippen LogP contribution in [-0.4, -0.2) is 55.5 Å². The van der Waals surface area contributed by atoms with Crippen LogP contribution in [0.3, 0.4) is 0 Å². The minimum Gasteiger partial charge on any atom is -0.511 e. The Labute approximate surface area is 202 Å². The van der Waals surface area contributed by atoms with Crippen LogP contribution < -0.4 is 5.32 Å². The summed E-state index contributed by atoms with van der Waals surface area (Å²) in [4.78, 5) is 43.1. The summed E-state index contributed by atoms with van der Waals surface area (Å²) in [6.45, 7) is 2.06. The Morgan fingerprint density at radius 3 is 2.60 bits per heavy atom. The van der Waals surface area contributed by atoms with Gasteiger partial charge in [0.2, 0.25) is 5.91 Å². The van der Waals surface area contributed by atoms with Crippen LogP contribution >= 0.6 is 11.3 Å². The molecule has 1 aliphatic heterocycles. The second-order valence-electron chi connectivity index (χ2n) is 8.60. The van der Waals surface area contributed by atoms with Gasteiger partial charge in [-0.05, 0) is 32.3 Å². The number of ketones is 1. The zero-order valence-corrected chi connectivity index (χ0v) is 19.7. The molecule has 2 N–H and O–H groups in total. The molecule has 3 heterocycles. The van der Waals surface area contributed by atoms with Crippen LogP contribution in [-0.2, 0) is 27.1 Å². The van der Waals surface area contributed by atoms with Gasteiger partial charge in [0.1, 0.15) is 23.7 Å². The lowest BCUT2D eigenvalue weighted by Crippen LogP contribution is -2.40. The highest BCUT2D eigenvalue weighted by atomic mass is 32.1. The molecule has 9 nitrogen and oxygen atoms in total. The summed E-state index contributed by atoms with van der Waals surface area (Å²) in [5, 5.41) is 18.4. The van der Waals surface area contributed by atoms with E-state index in [0.29, 0.717) is 38.2 Å². The van der Waals surface area contributed by atoms with E-state index in [4.69, 9.17) is 0 Å². The van der Waals surface area contributed by atoms with Crippen LogP contribution in [0.15, 0.2) is 22.8 Å². The molecule has 2 aromatic heterocycles. The van der Waals surface area contributed by atoms with Gasteiger partial charge in [0.15, 0.2) is 11.5 Å². The lowest BCUT2D eigenvalue weighted by Gasteiger charge is -2.31. The van der Waals surface area contributed by atoms with E-state index >= 15 is 0 Å². The SMILES string of the molecule is Cc1cc(C(F)(F)F)nn1CC(=O)N1CCC(c2nc(NC(=O)C3=C(O)CCCC3=O)cs2)CC1. The topological polar surface area (TPSA) is 117 Å². The van der Waals surface area contributed by atoms with Gasteiger partial charge in [-0.2, -0.15) is 18.3 Å². The molecule has 2 aromatic rings. The highest BCUT2D eigenvalue weighted by molar-refractivity contribution is 7.10. The van der Waals surface area contributed by atoms with Gasteiger partial charge in [0.25, 0.3) is 5.91 Å². The molecule has 1 aliphatic carbocycles. The molecule has 0 unspecified atom stereocenters. The number of amides is 2. The fourth-order valence-corrected chi connectivity index (χ4v) is 5.13. The number of Topliss-reactive ketones (excluding diaryl/α,β-unsaturated/α-hetero) is 1. The number of halogens is 3. The van der Waals surface area contributed by atoms with Gasteiger partial charge in [-0.15, -0.1) is 11.3 Å². The van der Waals surface area contributed by atoms with Gasteiger partial charge < -0.3 is 15.3 Å². The molecular weight excluding hydrogens is 487 g/mol. The summed E-state index contributed by atoms with van der Waals surface area (Å²) in [7, 11) is 0. The summed E-state index contributed by atoms with van der Waals surface area (Å²) < 4.78 is 39.6. The monoisotopic (exact) mass is 511 g/mol. The number of hydrogen-bond donors (Lipinski definition) is 2. The third-order valence-electron chi connectivity index (χ3n) is 6.13. The van der Waals surface area contributed by atoms with Crippen molar-refractivity contribution in [3.63, 3.8) is 0 Å². The summed E-state index contributed by atoms with van der Waals surface area (Å²) in [5.74, 6) is -1.22. The molecule has 0 aromatic carbocycles. The highest BCUT2D eigenvalue weighted by Crippen LogP contribution is 2.32. The van der Waals surface area contributed by atoms with E-state index < -0.39 is 23.6 Å². The molecule has 0 radical (unpaired) electrons. The lowest BCUT2D eigenvalue weighted by atomic mass is 9.96. The Bertz CT molecular complexity index is 1180. The largest absolute Gasteiger partial charge is 0.511 e. The molecule has 13 heteroatoms. The molecule has 0 bridgehead atoms. The number of aryl methyl sites for hydroxylation is 1. The number of carbonyl (C=O) groups is 3. The summed E-state index contributed by atoms with van der Waals surface area (Å²) in [6.07, 6.45) is -2.31. The predicted octanol–water partition coefficient (Wildman–Crippen LogP) is 3.58. The first-order valence-electron chi connectivity index (χ1n) is 11.1. The Morgan fingerprint density at radius 2 is 1.97 bits per heavy atom. The van der Waals surface area contributed by atoms with Crippen LogP contribution in [0.4, 0.5) is 19.0 Å². The molecule has 2 aliphatic rings. The number of allylic oxidation sites excluding steroid dienone is 1. The molecule has 1 fully saturated rings. The number of aliphatic hydroxyl groups excluding tert-OH is 1. The predicted molar refractivity (Wildman–Crippen MR) is 120 cm³/mol. The average Bonchev–Trinajstić information content (AvgIpc) is 3.40. The molecule has 1 saturated heterocycles. The standard InChI is InChI=1S/C22H24F3N5O4S/c1-12-9-16(22(23,24)25)28-30(12)10-18(33)29-7-5-13(6-8-29)21-27-17(11-35-21)26-20(34)19-14(31)3-2-4-15(19)32/h9,11,13,31H,2-8,10H2,1H3,(H,26,34). The third kappa shape index (κ3) is 5.55. The summed E-state index contributed by atoms with van der Waals surface area (Å²) >= 11 is 1.35. The van der Waals surface area contributed by atoms with Crippen LogP contribution in [0, 0.1) is 6.92 Å². The average molecular weight is 512 g/mol. The van der Waals surface area contributed by atoms with E-state index in [9.17, 15) is 32.7 Å². The molecule has 188 valence electrons. The normalized spacial score (nSPS) is 17.7. The second kappa shape index (κ2) is 9.80. The number of aromatic nitrogens is 3. The van der Waals surface area contributed by atoms with Crippen molar-refractivity contribution in [1.82, 2.24) is 19.7 Å². The smallest absolute Gasteiger partial charge is 0.435 e. The molecule has 0 atom stereocenters. The van der Waals surface area contributed by atoms with Crippen molar-refractivity contribution >= 4 is 34.8 Å². The first-order valence-corrected chi connectivity index (χ1v) is 12.0. The van der Waals surface area contributed by atoms with Crippen molar-refractivity contribution in [3.05, 3.63) is 39.2 Å². The molecule has 0 spiro atoms. The van der Waals surface area contributed by atoms with E-state index in [2.05, 4.69) is 15.4 Å². The van der Waals surface area contributed by atoms with E-state index in [-0.39, 0.29) is 48.2 Å². The van der Waals surface area contributed by atoms with Crippen LogP contribution in [0.25, 0.3) is 0 Å². The van der Waals surface area contributed by atoms with E-state index in [1.165, 1.54) is 18.3 Å². The maximum Gasteiger partial charge on any atom is 0.435 e. The number of anilines is 1. The Balaban J connectivity index is 1.32. The maximum absolute atomic E-state index is 12.9. The molecule has 35 heavy (non-hydrogen) atoms. The number of nitrogens with zero attached hydrogens (tertiary/aromatic N) is 4. The Morgan fingerprint density at radius 1 is 1.26 bits per heavy atom. The fourth-order valence-electron chi connectivity index (χ4n) is 4.21. The molecule has 4 rings (SSSR count). The summed E-state index contributed by atoms with van der Waals surface area (Å²) in [6, 6.07) is 0.917. The molecular formula is C22H24F3N5O4S. The van der Waals surface area contributed by atoms with Gasteiger partial charge >= 0.3 is 6.18 Å². The quantitative estimate of drug-likeness (QED) is 0.593. The van der Waals surface area contributed by atoms with Crippen LogP contribution in [0.1, 0.15) is 54.4 Å². The minimum absolute atomic E-state index is 0.0573. The van der Waals surface area contributed by atoms with Crippen LogP contribution in [0.5, 0.6) is 0 Å². The number of carbonyl (C=O) groups excluding carboxylic acids is 3. The van der Waals surface area contributed by atoms with Gasteiger partial charge in [0.05, 0.1) is 5.01 Å². The van der Waals surface area contributed by atoms with Gasteiger partial charge in [-0.1, -0.05) is 0 Å². The zero-order valence-electron chi connectivity index (χ0n) is 18.9. The minimum atomic E-state index is -4.56. The van der Waals surface area contributed by atoms with Gasteiger partial charge in [-0.3, -0.25) is 19.1 Å². The molecule has 2 amide bonds. The Hall–Kier alpha value is -3.22. The van der Waals surface area contributed by atoms with Crippen LogP contribution in [0.2, 0.25) is 0 Å². The van der Waals surface area contributed by atoms with Crippen molar-refractivity contribution < 1.29 is 32.7 Å². The zero-order chi connectivity index (χ0) is 25.3. The van der Waals surface area contributed by atoms with E-state index in [1.807, 2.05) is 0 Å². The first-order chi connectivity index (χ1) is 16.5. The van der Waals surface area contributed by atoms with Crippen molar-refractivity contribution in [2.24, 2.45) is 0 Å². The number of thiazole rings is 1. The number of alkyl halides is 3.